The summed E-state index contributed by atoms with van der Waals surface area (Å²) in [6, 6.07) is 3.31. The topological polar surface area (TPSA) is 66.6 Å². The second-order valence-electron chi connectivity index (χ2n) is 5.87. The first kappa shape index (κ1) is 15.7. The van der Waals surface area contributed by atoms with Gasteiger partial charge in [-0.2, -0.15) is 0 Å². The molecule has 2 heterocycles. The van der Waals surface area contributed by atoms with Crippen LogP contribution in [0.25, 0.3) is 22.2 Å². The van der Waals surface area contributed by atoms with E-state index in [1.807, 2.05) is 44.3 Å². The maximum atomic E-state index is 11.7. The fraction of sp³-hybridized carbons (Fsp3) is 0.294. The van der Waals surface area contributed by atoms with Gasteiger partial charge in [-0.15, -0.1) is 11.3 Å². The van der Waals surface area contributed by atoms with E-state index < -0.39 is 5.63 Å². The van der Waals surface area contributed by atoms with E-state index in [0.29, 0.717) is 23.3 Å². The van der Waals surface area contributed by atoms with Crippen LogP contribution in [-0.2, 0) is 6.54 Å². The molecule has 120 valence electrons. The first-order valence-corrected chi connectivity index (χ1v) is 8.11. The molecular weight excluding hydrogens is 312 g/mol. The fourth-order valence-corrected chi connectivity index (χ4v) is 3.26. The molecule has 0 fully saturated rings. The summed E-state index contributed by atoms with van der Waals surface area (Å²) in [6.45, 7) is 4.26. The molecular formula is C17H18N2O3S. The van der Waals surface area contributed by atoms with Crippen molar-refractivity contribution in [3.05, 3.63) is 44.1 Å². The van der Waals surface area contributed by atoms with Crippen molar-refractivity contribution in [3.8, 4) is 17.0 Å². The van der Waals surface area contributed by atoms with Gasteiger partial charge in [0.2, 0.25) is 0 Å². The number of nitrogens with zero attached hydrogens (tertiary/aromatic N) is 2. The van der Waals surface area contributed by atoms with Gasteiger partial charge in [0.1, 0.15) is 11.3 Å². The SMILES string of the molecule is Cc1nc(-c2cc3c(C)cc(=O)oc3c(CN(C)C)c2O)cs1. The van der Waals surface area contributed by atoms with Crippen molar-refractivity contribution in [2.24, 2.45) is 0 Å². The van der Waals surface area contributed by atoms with Gasteiger partial charge >= 0.3 is 5.63 Å². The summed E-state index contributed by atoms with van der Waals surface area (Å²) >= 11 is 1.53. The number of fused-ring (bicyclic) bond motifs is 1. The lowest BCUT2D eigenvalue weighted by atomic mass is 9.99. The van der Waals surface area contributed by atoms with Gasteiger partial charge < -0.3 is 14.4 Å². The number of benzene rings is 1. The zero-order chi connectivity index (χ0) is 16.7. The van der Waals surface area contributed by atoms with E-state index in [1.54, 1.807) is 0 Å². The zero-order valence-electron chi connectivity index (χ0n) is 13.5. The minimum Gasteiger partial charge on any atom is -0.507 e. The van der Waals surface area contributed by atoms with Crippen LogP contribution in [0.3, 0.4) is 0 Å². The van der Waals surface area contributed by atoms with Crippen LogP contribution in [0.15, 0.2) is 26.7 Å². The maximum absolute atomic E-state index is 11.7. The Kier molecular flexibility index (Phi) is 3.95. The molecule has 0 aliphatic carbocycles. The summed E-state index contributed by atoms with van der Waals surface area (Å²) in [5, 5.41) is 14.4. The number of aromatic hydroxyl groups is 1. The van der Waals surface area contributed by atoms with E-state index in [-0.39, 0.29) is 5.75 Å². The van der Waals surface area contributed by atoms with E-state index in [1.165, 1.54) is 17.4 Å². The highest BCUT2D eigenvalue weighted by atomic mass is 32.1. The van der Waals surface area contributed by atoms with Crippen molar-refractivity contribution >= 4 is 22.3 Å². The van der Waals surface area contributed by atoms with Crippen LogP contribution < -0.4 is 5.63 Å². The molecule has 2 aromatic heterocycles. The lowest BCUT2D eigenvalue weighted by Crippen LogP contribution is -2.12. The highest BCUT2D eigenvalue weighted by molar-refractivity contribution is 7.09. The molecule has 5 nitrogen and oxygen atoms in total. The summed E-state index contributed by atoms with van der Waals surface area (Å²) < 4.78 is 5.39. The molecule has 3 aromatic rings. The van der Waals surface area contributed by atoms with Crippen molar-refractivity contribution in [3.63, 3.8) is 0 Å². The lowest BCUT2D eigenvalue weighted by molar-refractivity contribution is 0.384. The van der Waals surface area contributed by atoms with Crippen LogP contribution in [0, 0.1) is 13.8 Å². The Morgan fingerprint density at radius 3 is 2.65 bits per heavy atom. The standard InChI is InChI=1S/C17H18N2O3S/c1-9-5-15(20)22-17-11(9)6-12(14-8-23-10(2)18-14)16(21)13(17)7-19(3)4/h5-6,8,21H,7H2,1-4H3. The molecule has 0 aliphatic rings. The summed E-state index contributed by atoms with van der Waals surface area (Å²) in [7, 11) is 3.80. The molecule has 1 N–H and O–H groups in total. The van der Waals surface area contributed by atoms with Gasteiger partial charge in [0.05, 0.1) is 16.3 Å². The predicted molar refractivity (Wildman–Crippen MR) is 92.1 cm³/mol. The molecule has 3 rings (SSSR count). The number of aromatic nitrogens is 1. The Labute approximate surface area is 137 Å². The predicted octanol–water partition coefficient (Wildman–Crippen LogP) is 3.30. The summed E-state index contributed by atoms with van der Waals surface area (Å²) in [5.74, 6) is 0.116. The third-order valence-electron chi connectivity index (χ3n) is 3.68. The third-order valence-corrected chi connectivity index (χ3v) is 4.45. The Bertz CT molecular complexity index is 941. The van der Waals surface area contributed by atoms with Crippen LogP contribution >= 0.6 is 11.3 Å². The largest absolute Gasteiger partial charge is 0.507 e. The van der Waals surface area contributed by atoms with Crippen LogP contribution in [0.2, 0.25) is 0 Å². The summed E-state index contributed by atoms with van der Waals surface area (Å²) in [4.78, 5) is 18.1. The number of hydrogen-bond donors (Lipinski definition) is 1. The fourth-order valence-electron chi connectivity index (χ4n) is 2.65. The van der Waals surface area contributed by atoms with E-state index in [0.717, 1.165) is 21.7 Å². The number of aryl methyl sites for hydroxylation is 2. The highest BCUT2D eigenvalue weighted by Gasteiger charge is 2.19. The maximum Gasteiger partial charge on any atom is 0.336 e. The summed E-state index contributed by atoms with van der Waals surface area (Å²) in [6.07, 6.45) is 0. The van der Waals surface area contributed by atoms with E-state index in [2.05, 4.69) is 4.98 Å². The third kappa shape index (κ3) is 2.87. The molecule has 0 aliphatic heterocycles. The molecule has 0 unspecified atom stereocenters. The molecule has 1 aromatic carbocycles. The minimum atomic E-state index is -0.411. The second kappa shape index (κ2) is 5.79. The van der Waals surface area contributed by atoms with Gasteiger partial charge in [-0.25, -0.2) is 9.78 Å². The Hall–Kier alpha value is -2.18. The Morgan fingerprint density at radius 1 is 1.30 bits per heavy atom. The van der Waals surface area contributed by atoms with Crippen LogP contribution in [-0.4, -0.2) is 29.1 Å². The van der Waals surface area contributed by atoms with Crippen molar-refractivity contribution in [2.45, 2.75) is 20.4 Å². The molecule has 0 spiro atoms. The Morgan fingerprint density at radius 2 is 2.04 bits per heavy atom. The van der Waals surface area contributed by atoms with Gasteiger partial charge in [-0.3, -0.25) is 0 Å². The highest BCUT2D eigenvalue weighted by Crippen LogP contribution is 2.39. The monoisotopic (exact) mass is 330 g/mol. The molecule has 6 heteroatoms. The molecule has 0 bridgehead atoms. The number of phenolic OH excluding ortho intramolecular Hbond substituents is 1. The van der Waals surface area contributed by atoms with Crippen molar-refractivity contribution < 1.29 is 9.52 Å². The Balaban J connectivity index is 2.39. The molecule has 0 saturated heterocycles. The van der Waals surface area contributed by atoms with Crippen LogP contribution in [0.1, 0.15) is 16.1 Å². The van der Waals surface area contributed by atoms with Gasteiger partial charge in [-0.05, 0) is 39.6 Å². The van der Waals surface area contributed by atoms with E-state index in [4.69, 9.17) is 4.42 Å². The van der Waals surface area contributed by atoms with E-state index in [9.17, 15) is 9.90 Å². The van der Waals surface area contributed by atoms with Gasteiger partial charge in [0.15, 0.2) is 0 Å². The number of hydrogen-bond acceptors (Lipinski definition) is 6. The molecule has 0 atom stereocenters. The first-order valence-electron chi connectivity index (χ1n) is 7.23. The number of rotatable bonds is 3. The molecule has 0 amide bonds. The normalized spacial score (nSPS) is 11.5. The van der Waals surface area contributed by atoms with Gasteiger partial charge in [-0.1, -0.05) is 0 Å². The number of thiazole rings is 1. The van der Waals surface area contributed by atoms with Crippen LogP contribution in [0.4, 0.5) is 0 Å². The van der Waals surface area contributed by atoms with Gasteiger partial charge in [0.25, 0.3) is 0 Å². The van der Waals surface area contributed by atoms with Crippen molar-refractivity contribution in [2.75, 3.05) is 14.1 Å². The van der Waals surface area contributed by atoms with E-state index >= 15 is 0 Å². The minimum absolute atomic E-state index is 0.116. The quantitative estimate of drug-likeness (QED) is 0.746. The molecule has 0 radical (unpaired) electrons. The van der Waals surface area contributed by atoms with Gasteiger partial charge in [0, 0.05) is 28.9 Å². The first-order chi connectivity index (χ1) is 10.9. The van der Waals surface area contributed by atoms with Crippen molar-refractivity contribution in [1.82, 2.24) is 9.88 Å². The lowest BCUT2D eigenvalue weighted by Gasteiger charge is -2.16. The number of phenols is 1. The second-order valence-corrected chi connectivity index (χ2v) is 6.93. The van der Waals surface area contributed by atoms with Crippen molar-refractivity contribution in [1.29, 1.82) is 0 Å². The molecule has 23 heavy (non-hydrogen) atoms. The molecule has 0 saturated carbocycles. The zero-order valence-corrected chi connectivity index (χ0v) is 14.3. The summed E-state index contributed by atoms with van der Waals surface area (Å²) in [5.41, 5.74) is 2.86. The average molecular weight is 330 g/mol. The average Bonchev–Trinajstić information content (AvgIpc) is 2.88. The van der Waals surface area contributed by atoms with Crippen LogP contribution in [0.5, 0.6) is 5.75 Å². The smallest absolute Gasteiger partial charge is 0.336 e.